The van der Waals surface area contributed by atoms with Gasteiger partial charge in [0, 0.05) is 10.4 Å². The normalized spacial score (nSPS) is 10.8. The van der Waals surface area contributed by atoms with Crippen molar-refractivity contribution in [1.82, 2.24) is 0 Å². The predicted octanol–water partition coefficient (Wildman–Crippen LogP) is 4.55. The lowest BCUT2D eigenvalue weighted by atomic mass is 9.99. The van der Waals surface area contributed by atoms with Crippen molar-refractivity contribution in [2.75, 3.05) is 5.32 Å². The van der Waals surface area contributed by atoms with Crippen molar-refractivity contribution < 1.29 is 9.21 Å². The van der Waals surface area contributed by atoms with Gasteiger partial charge in [0.15, 0.2) is 0 Å². The van der Waals surface area contributed by atoms with Crippen molar-refractivity contribution in [3.8, 4) is 11.1 Å². The summed E-state index contributed by atoms with van der Waals surface area (Å²) in [6, 6.07) is 12.5. The highest BCUT2D eigenvalue weighted by Gasteiger charge is 2.18. The number of nitrogens with one attached hydrogen (secondary N) is 1. The van der Waals surface area contributed by atoms with E-state index < -0.39 is 6.03 Å². The SMILES string of the molecule is Cc1ccccc1-c1c(NC(N)=O)oc2ccc(Cl)cc12. The van der Waals surface area contributed by atoms with Crippen molar-refractivity contribution in [2.24, 2.45) is 5.73 Å². The summed E-state index contributed by atoms with van der Waals surface area (Å²) in [5.74, 6) is 0.328. The Kier molecular flexibility index (Phi) is 3.31. The van der Waals surface area contributed by atoms with Crippen molar-refractivity contribution in [1.29, 1.82) is 0 Å². The number of hydrogen-bond acceptors (Lipinski definition) is 2. The van der Waals surface area contributed by atoms with Crippen molar-refractivity contribution in [3.05, 3.63) is 53.1 Å². The molecule has 4 nitrogen and oxygen atoms in total. The summed E-state index contributed by atoms with van der Waals surface area (Å²) >= 11 is 6.08. The molecular formula is C16H13ClN2O2. The number of furan rings is 1. The Balaban J connectivity index is 2.34. The third kappa shape index (κ3) is 2.45. The molecule has 0 aliphatic rings. The number of carbonyl (C=O) groups excluding carboxylic acids is 1. The van der Waals surface area contributed by atoms with Crippen LogP contribution in [0.4, 0.5) is 10.7 Å². The minimum Gasteiger partial charge on any atom is -0.440 e. The van der Waals surface area contributed by atoms with Crippen LogP contribution in [0.25, 0.3) is 22.1 Å². The van der Waals surface area contributed by atoms with E-state index in [1.807, 2.05) is 37.3 Å². The second-order valence-corrected chi connectivity index (χ2v) is 5.19. The fraction of sp³-hybridized carbons (Fsp3) is 0.0625. The number of nitrogens with two attached hydrogens (primary N) is 1. The lowest BCUT2D eigenvalue weighted by Gasteiger charge is -2.06. The van der Waals surface area contributed by atoms with Crippen LogP contribution < -0.4 is 11.1 Å². The van der Waals surface area contributed by atoms with Gasteiger partial charge in [0.1, 0.15) is 5.58 Å². The van der Waals surface area contributed by atoms with Gasteiger partial charge < -0.3 is 10.2 Å². The van der Waals surface area contributed by atoms with Crippen LogP contribution in [0.5, 0.6) is 0 Å². The Hall–Kier alpha value is -2.46. The van der Waals surface area contributed by atoms with Crippen LogP contribution >= 0.6 is 11.6 Å². The average Bonchev–Trinajstić information content (AvgIpc) is 2.76. The number of fused-ring (bicyclic) bond motifs is 1. The quantitative estimate of drug-likeness (QED) is 0.729. The van der Waals surface area contributed by atoms with Gasteiger partial charge in [-0.1, -0.05) is 35.9 Å². The van der Waals surface area contributed by atoms with Crippen LogP contribution in [0.3, 0.4) is 0 Å². The first-order chi connectivity index (χ1) is 10.1. The molecule has 3 N–H and O–H groups in total. The fourth-order valence-electron chi connectivity index (χ4n) is 2.39. The second-order valence-electron chi connectivity index (χ2n) is 4.75. The van der Waals surface area contributed by atoms with Crippen LogP contribution in [0, 0.1) is 6.92 Å². The first-order valence-electron chi connectivity index (χ1n) is 6.41. The van der Waals surface area contributed by atoms with E-state index in [9.17, 15) is 4.79 Å². The molecule has 21 heavy (non-hydrogen) atoms. The molecular weight excluding hydrogens is 288 g/mol. The van der Waals surface area contributed by atoms with E-state index >= 15 is 0 Å². The van der Waals surface area contributed by atoms with Gasteiger partial charge in [0.2, 0.25) is 5.88 Å². The lowest BCUT2D eigenvalue weighted by Crippen LogP contribution is -2.19. The Morgan fingerprint density at radius 2 is 2.00 bits per heavy atom. The summed E-state index contributed by atoms with van der Waals surface area (Å²) in [5, 5.41) is 3.97. The number of carbonyl (C=O) groups is 1. The number of rotatable bonds is 2. The van der Waals surface area contributed by atoms with E-state index in [1.54, 1.807) is 12.1 Å². The number of hydrogen-bond donors (Lipinski definition) is 2. The van der Waals surface area contributed by atoms with Gasteiger partial charge in [-0.2, -0.15) is 0 Å². The zero-order chi connectivity index (χ0) is 15.0. The van der Waals surface area contributed by atoms with Crippen molar-refractivity contribution >= 4 is 34.5 Å². The average molecular weight is 301 g/mol. The molecule has 0 saturated heterocycles. The van der Waals surface area contributed by atoms with Crippen LogP contribution in [0.2, 0.25) is 5.02 Å². The summed E-state index contributed by atoms with van der Waals surface area (Å²) in [6.45, 7) is 1.99. The topological polar surface area (TPSA) is 68.3 Å². The van der Waals surface area contributed by atoms with Gasteiger partial charge in [0.05, 0.1) is 5.56 Å². The predicted molar refractivity (Wildman–Crippen MR) is 84.6 cm³/mol. The Labute approximate surface area is 126 Å². The number of urea groups is 1. The van der Waals surface area contributed by atoms with Gasteiger partial charge in [-0.25, -0.2) is 4.79 Å². The maximum atomic E-state index is 11.2. The molecule has 2 aromatic carbocycles. The third-order valence-electron chi connectivity index (χ3n) is 3.30. The van der Waals surface area contributed by atoms with Gasteiger partial charge in [-0.15, -0.1) is 0 Å². The molecule has 3 aromatic rings. The van der Waals surface area contributed by atoms with Gasteiger partial charge in [0.25, 0.3) is 0 Å². The molecule has 0 spiro atoms. The highest BCUT2D eigenvalue weighted by molar-refractivity contribution is 6.31. The van der Waals surface area contributed by atoms with E-state index in [-0.39, 0.29) is 0 Å². The van der Waals surface area contributed by atoms with Gasteiger partial charge >= 0.3 is 6.03 Å². The fourth-order valence-corrected chi connectivity index (χ4v) is 2.56. The molecule has 106 valence electrons. The van der Waals surface area contributed by atoms with Crippen LogP contribution in [0.1, 0.15) is 5.56 Å². The van der Waals surface area contributed by atoms with E-state index in [2.05, 4.69) is 5.32 Å². The van der Waals surface area contributed by atoms with E-state index in [1.165, 1.54) is 0 Å². The minimum atomic E-state index is -0.671. The summed E-state index contributed by atoms with van der Waals surface area (Å²) < 4.78 is 5.70. The molecule has 3 rings (SSSR count). The van der Waals surface area contributed by atoms with Crippen LogP contribution in [-0.4, -0.2) is 6.03 Å². The van der Waals surface area contributed by atoms with E-state index in [4.69, 9.17) is 21.8 Å². The number of aryl methyl sites for hydroxylation is 1. The molecule has 0 radical (unpaired) electrons. The van der Waals surface area contributed by atoms with E-state index in [0.717, 1.165) is 22.1 Å². The monoisotopic (exact) mass is 300 g/mol. The second kappa shape index (κ2) is 5.14. The van der Waals surface area contributed by atoms with Gasteiger partial charge in [-0.05, 0) is 36.2 Å². The van der Waals surface area contributed by atoms with E-state index in [0.29, 0.717) is 16.5 Å². The maximum Gasteiger partial charge on any atom is 0.318 e. The maximum absolute atomic E-state index is 11.2. The van der Waals surface area contributed by atoms with Crippen molar-refractivity contribution in [2.45, 2.75) is 6.92 Å². The zero-order valence-corrected chi connectivity index (χ0v) is 12.1. The highest BCUT2D eigenvalue weighted by Crippen LogP contribution is 2.40. The molecule has 0 atom stereocenters. The smallest absolute Gasteiger partial charge is 0.318 e. The van der Waals surface area contributed by atoms with Crippen LogP contribution in [-0.2, 0) is 0 Å². The number of primary amides is 1. The Morgan fingerprint density at radius 3 is 2.71 bits per heavy atom. The summed E-state index contributed by atoms with van der Waals surface area (Å²) in [6.07, 6.45) is 0. The summed E-state index contributed by atoms with van der Waals surface area (Å²) in [4.78, 5) is 11.2. The third-order valence-corrected chi connectivity index (χ3v) is 3.54. The molecule has 0 aliphatic heterocycles. The minimum absolute atomic E-state index is 0.328. The molecule has 2 amide bonds. The first kappa shape index (κ1) is 13.5. The molecule has 1 heterocycles. The lowest BCUT2D eigenvalue weighted by molar-refractivity contribution is 0.259. The van der Waals surface area contributed by atoms with Crippen LogP contribution in [0.15, 0.2) is 46.9 Å². The highest BCUT2D eigenvalue weighted by atomic mass is 35.5. The molecule has 0 unspecified atom stereocenters. The van der Waals surface area contributed by atoms with Gasteiger partial charge in [-0.3, -0.25) is 5.32 Å². The number of amides is 2. The van der Waals surface area contributed by atoms with Crippen molar-refractivity contribution in [3.63, 3.8) is 0 Å². The molecule has 0 aliphatic carbocycles. The Morgan fingerprint density at radius 1 is 1.24 bits per heavy atom. The Bertz CT molecular complexity index is 839. The molecule has 0 fully saturated rings. The number of benzene rings is 2. The number of anilines is 1. The molecule has 5 heteroatoms. The molecule has 1 aromatic heterocycles. The largest absolute Gasteiger partial charge is 0.440 e. The first-order valence-corrected chi connectivity index (χ1v) is 6.78. The zero-order valence-electron chi connectivity index (χ0n) is 11.3. The molecule has 0 saturated carbocycles. The number of halogens is 1. The standard InChI is InChI=1S/C16H13ClN2O2/c1-9-4-2-3-5-11(9)14-12-8-10(17)6-7-13(12)21-15(14)19-16(18)20/h2-8H,1H3,(H3,18,19,20). The summed E-state index contributed by atoms with van der Waals surface area (Å²) in [5.41, 5.74) is 8.67. The molecule has 0 bridgehead atoms. The summed E-state index contributed by atoms with van der Waals surface area (Å²) in [7, 11) is 0.